The Bertz CT molecular complexity index is 800. The lowest BCUT2D eigenvalue weighted by atomic mass is 10.1. The molecule has 1 heterocycles. The molecule has 0 aliphatic heterocycles. The maximum atomic E-state index is 8.95. The topological polar surface area (TPSA) is 53.6 Å². The van der Waals surface area contributed by atoms with Gasteiger partial charge in [0.25, 0.3) is 0 Å². The van der Waals surface area contributed by atoms with Gasteiger partial charge in [-0.2, -0.15) is 10.4 Å². The van der Waals surface area contributed by atoms with Gasteiger partial charge in [-0.1, -0.05) is 36.4 Å². The van der Waals surface area contributed by atoms with Crippen molar-refractivity contribution >= 4 is 0 Å². The Hall–Kier alpha value is -2.90. The van der Waals surface area contributed by atoms with Crippen molar-refractivity contribution in [2.75, 3.05) is 0 Å². The van der Waals surface area contributed by atoms with Crippen LogP contribution < -0.4 is 5.32 Å². The Morgan fingerprint density at radius 3 is 2.65 bits per heavy atom. The molecule has 23 heavy (non-hydrogen) atoms. The second-order valence-corrected chi connectivity index (χ2v) is 5.39. The third-order valence-electron chi connectivity index (χ3n) is 3.71. The SMILES string of the molecule is N#Cc1cccc(CNCc2ccccc2Cn2cccn2)c1. The van der Waals surface area contributed by atoms with Gasteiger partial charge in [-0.25, -0.2) is 0 Å². The minimum Gasteiger partial charge on any atom is -0.309 e. The number of rotatable bonds is 6. The molecule has 0 radical (unpaired) electrons. The van der Waals surface area contributed by atoms with E-state index in [-0.39, 0.29) is 0 Å². The number of nitriles is 1. The number of nitrogens with one attached hydrogen (secondary N) is 1. The molecule has 4 nitrogen and oxygen atoms in total. The number of benzene rings is 2. The first kappa shape index (κ1) is 15.0. The lowest BCUT2D eigenvalue weighted by Crippen LogP contribution is -2.15. The van der Waals surface area contributed by atoms with Gasteiger partial charge in [0.2, 0.25) is 0 Å². The van der Waals surface area contributed by atoms with Crippen LogP contribution in [0.1, 0.15) is 22.3 Å². The summed E-state index contributed by atoms with van der Waals surface area (Å²) in [4.78, 5) is 0. The summed E-state index contributed by atoms with van der Waals surface area (Å²) in [7, 11) is 0. The van der Waals surface area contributed by atoms with Crippen molar-refractivity contribution in [3.8, 4) is 6.07 Å². The van der Waals surface area contributed by atoms with Crippen molar-refractivity contribution in [2.45, 2.75) is 19.6 Å². The van der Waals surface area contributed by atoms with Gasteiger partial charge in [0.05, 0.1) is 18.2 Å². The lowest BCUT2D eigenvalue weighted by molar-refractivity contribution is 0.656. The largest absolute Gasteiger partial charge is 0.309 e. The zero-order valence-electron chi connectivity index (χ0n) is 12.8. The van der Waals surface area contributed by atoms with E-state index < -0.39 is 0 Å². The van der Waals surface area contributed by atoms with Crippen molar-refractivity contribution < 1.29 is 0 Å². The first-order valence-electron chi connectivity index (χ1n) is 7.59. The summed E-state index contributed by atoms with van der Waals surface area (Å²) < 4.78 is 1.93. The van der Waals surface area contributed by atoms with Gasteiger partial charge in [0.1, 0.15) is 0 Å². The molecular weight excluding hydrogens is 284 g/mol. The molecule has 0 bridgehead atoms. The van der Waals surface area contributed by atoms with Crippen LogP contribution in [0.4, 0.5) is 0 Å². The predicted octanol–water partition coefficient (Wildman–Crippen LogP) is 3.09. The van der Waals surface area contributed by atoms with Crippen LogP contribution in [-0.2, 0) is 19.6 Å². The van der Waals surface area contributed by atoms with E-state index in [1.165, 1.54) is 11.1 Å². The van der Waals surface area contributed by atoms with Crippen LogP contribution in [0.2, 0.25) is 0 Å². The summed E-state index contributed by atoms with van der Waals surface area (Å²) >= 11 is 0. The van der Waals surface area contributed by atoms with E-state index in [0.717, 1.165) is 25.2 Å². The average Bonchev–Trinajstić information content (AvgIpc) is 3.10. The molecule has 0 atom stereocenters. The summed E-state index contributed by atoms with van der Waals surface area (Å²) in [6.45, 7) is 2.30. The molecule has 1 aromatic heterocycles. The van der Waals surface area contributed by atoms with Gasteiger partial charge in [-0.05, 0) is 34.9 Å². The van der Waals surface area contributed by atoms with Crippen LogP contribution >= 0.6 is 0 Å². The molecule has 1 N–H and O–H groups in total. The number of nitrogens with zero attached hydrogens (tertiary/aromatic N) is 3. The van der Waals surface area contributed by atoms with Gasteiger partial charge < -0.3 is 5.32 Å². The van der Waals surface area contributed by atoms with Gasteiger partial charge >= 0.3 is 0 Å². The van der Waals surface area contributed by atoms with Gasteiger partial charge in [0.15, 0.2) is 0 Å². The third kappa shape index (κ3) is 4.06. The monoisotopic (exact) mass is 302 g/mol. The highest BCUT2D eigenvalue weighted by molar-refractivity contribution is 5.33. The molecule has 114 valence electrons. The Labute approximate surface area is 136 Å². The summed E-state index contributed by atoms with van der Waals surface area (Å²) in [5.41, 5.74) is 4.34. The van der Waals surface area contributed by atoms with Crippen LogP contribution in [0, 0.1) is 11.3 Å². The minimum atomic E-state index is 0.698. The van der Waals surface area contributed by atoms with E-state index in [0.29, 0.717) is 5.56 Å². The van der Waals surface area contributed by atoms with Gasteiger partial charge in [0, 0.05) is 25.5 Å². The standard InChI is InChI=1S/C19H18N4/c20-12-16-5-3-6-17(11-16)13-21-14-18-7-1-2-8-19(18)15-23-10-4-9-22-23/h1-11,21H,13-15H2. The molecule has 2 aromatic carbocycles. The highest BCUT2D eigenvalue weighted by atomic mass is 15.3. The maximum absolute atomic E-state index is 8.95. The van der Waals surface area contributed by atoms with Crippen molar-refractivity contribution in [2.24, 2.45) is 0 Å². The molecule has 0 spiro atoms. The third-order valence-corrected chi connectivity index (χ3v) is 3.71. The molecule has 0 fully saturated rings. The summed E-state index contributed by atoms with van der Waals surface area (Å²) in [5.74, 6) is 0. The lowest BCUT2D eigenvalue weighted by Gasteiger charge is -2.11. The molecular formula is C19H18N4. The molecule has 3 aromatic rings. The summed E-state index contributed by atoms with van der Waals surface area (Å²) in [6, 6.07) is 20.2. The Balaban J connectivity index is 1.63. The number of hydrogen-bond acceptors (Lipinski definition) is 3. The second kappa shape index (κ2) is 7.39. The first-order chi connectivity index (χ1) is 11.3. The fourth-order valence-electron chi connectivity index (χ4n) is 2.55. The molecule has 0 aliphatic rings. The van der Waals surface area contributed by atoms with Crippen molar-refractivity contribution in [3.63, 3.8) is 0 Å². The smallest absolute Gasteiger partial charge is 0.0991 e. The zero-order chi connectivity index (χ0) is 15.9. The fourth-order valence-corrected chi connectivity index (χ4v) is 2.55. The van der Waals surface area contributed by atoms with Crippen LogP contribution in [-0.4, -0.2) is 9.78 Å². The van der Waals surface area contributed by atoms with Crippen LogP contribution in [0.3, 0.4) is 0 Å². The highest BCUT2D eigenvalue weighted by Gasteiger charge is 2.03. The van der Waals surface area contributed by atoms with E-state index in [4.69, 9.17) is 5.26 Å². The molecule has 0 saturated carbocycles. The Kier molecular flexibility index (Phi) is 4.82. The Morgan fingerprint density at radius 2 is 1.87 bits per heavy atom. The van der Waals surface area contributed by atoms with Crippen molar-refractivity contribution in [1.29, 1.82) is 5.26 Å². The minimum absolute atomic E-state index is 0.698. The van der Waals surface area contributed by atoms with E-state index >= 15 is 0 Å². The Morgan fingerprint density at radius 1 is 1.00 bits per heavy atom. The molecule has 4 heteroatoms. The molecule has 0 amide bonds. The van der Waals surface area contributed by atoms with E-state index in [2.05, 4.69) is 40.8 Å². The average molecular weight is 302 g/mol. The molecule has 3 rings (SSSR count). The van der Waals surface area contributed by atoms with Crippen molar-refractivity contribution in [3.05, 3.63) is 89.2 Å². The normalized spacial score (nSPS) is 10.4. The van der Waals surface area contributed by atoms with Crippen LogP contribution in [0.25, 0.3) is 0 Å². The molecule has 0 saturated heterocycles. The maximum Gasteiger partial charge on any atom is 0.0991 e. The fraction of sp³-hybridized carbons (Fsp3) is 0.158. The quantitative estimate of drug-likeness (QED) is 0.761. The second-order valence-electron chi connectivity index (χ2n) is 5.39. The van der Waals surface area contributed by atoms with E-state index in [1.807, 2.05) is 41.2 Å². The summed E-state index contributed by atoms with van der Waals surface area (Å²) in [6.07, 6.45) is 3.76. The zero-order valence-corrected chi connectivity index (χ0v) is 12.8. The van der Waals surface area contributed by atoms with Gasteiger partial charge in [-0.15, -0.1) is 0 Å². The van der Waals surface area contributed by atoms with E-state index in [1.54, 1.807) is 6.20 Å². The van der Waals surface area contributed by atoms with Crippen LogP contribution in [0.15, 0.2) is 67.0 Å². The number of aromatic nitrogens is 2. The molecule has 0 unspecified atom stereocenters. The highest BCUT2D eigenvalue weighted by Crippen LogP contribution is 2.11. The molecule has 0 aliphatic carbocycles. The summed E-state index contributed by atoms with van der Waals surface area (Å²) in [5, 5.41) is 16.7. The van der Waals surface area contributed by atoms with Crippen molar-refractivity contribution in [1.82, 2.24) is 15.1 Å². The first-order valence-corrected chi connectivity index (χ1v) is 7.59. The van der Waals surface area contributed by atoms with Crippen LogP contribution in [0.5, 0.6) is 0 Å². The predicted molar refractivity (Wildman–Crippen MR) is 89.5 cm³/mol. The van der Waals surface area contributed by atoms with Gasteiger partial charge in [-0.3, -0.25) is 4.68 Å². The number of hydrogen-bond donors (Lipinski definition) is 1. The van der Waals surface area contributed by atoms with E-state index in [9.17, 15) is 0 Å².